The molecule has 1 aliphatic rings. The Hall–Kier alpha value is -8.89. The average molecular weight is 1110 g/mol. The van der Waals surface area contributed by atoms with Gasteiger partial charge in [0.2, 0.25) is 0 Å². The van der Waals surface area contributed by atoms with Crippen molar-refractivity contribution in [2.75, 3.05) is 16.8 Å². The number of benzene rings is 9. The average Bonchev–Trinajstić information content (AvgIpc) is 4.14. The zero-order chi connectivity index (χ0) is 47.3. The summed E-state index contributed by atoms with van der Waals surface area (Å²) in [5, 5.41) is 16.7. The topological polar surface area (TPSA) is 67.2 Å². The number of hydrogen-bond acceptors (Lipinski definition) is 5. The molecule has 5 heterocycles. The Morgan fingerprint density at radius 2 is 1.06 bits per heavy atom. The van der Waals surface area contributed by atoms with Crippen LogP contribution in [-0.4, -0.2) is 25.7 Å². The molecule has 0 fully saturated rings. The van der Waals surface area contributed by atoms with Gasteiger partial charge in [-0.15, -0.1) is 41.4 Å². The van der Waals surface area contributed by atoms with Crippen LogP contribution in [0, 0.1) is 37.1 Å². The van der Waals surface area contributed by atoms with E-state index < -0.39 is 0 Å². The number of rotatable bonds is 7. The van der Waals surface area contributed by atoms with Crippen molar-refractivity contribution in [3.8, 4) is 45.9 Å². The van der Waals surface area contributed by atoms with Crippen LogP contribution in [0.3, 0.4) is 0 Å². The summed E-state index contributed by atoms with van der Waals surface area (Å²) in [6, 6.07) is 77.0. The first-order chi connectivity index (χ1) is 35.0. The molecule has 0 saturated heterocycles. The monoisotopic (exact) mass is 1110 g/mol. The number of ether oxygens (including phenoxy) is 1. The molecule has 0 bridgehead atoms. The van der Waals surface area contributed by atoms with Crippen molar-refractivity contribution in [2.45, 2.75) is 6.92 Å². The maximum atomic E-state index is 10.0. The third kappa shape index (κ3) is 6.58. The smallest absolute Gasteiger partial charge is 0.135 e. The van der Waals surface area contributed by atoms with Gasteiger partial charge in [-0.1, -0.05) is 96.5 Å². The van der Waals surface area contributed by atoms with E-state index >= 15 is 0 Å². The second kappa shape index (κ2) is 16.9. The summed E-state index contributed by atoms with van der Waals surface area (Å²) in [4.78, 5) is 9.61. The largest absolute Gasteiger partial charge is 0.509 e. The van der Waals surface area contributed by atoms with E-state index in [2.05, 4.69) is 189 Å². The van der Waals surface area contributed by atoms with Gasteiger partial charge in [0.25, 0.3) is 0 Å². The van der Waals surface area contributed by atoms with Crippen molar-refractivity contribution in [3.05, 3.63) is 230 Å². The van der Waals surface area contributed by atoms with Gasteiger partial charge in [0.15, 0.2) is 0 Å². The molecule has 0 aliphatic carbocycles. The van der Waals surface area contributed by atoms with Gasteiger partial charge < -0.3 is 28.2 Å². The Kier molecular flexibility index (Phi) is 10.1. The molecule has 0 N–H and O–H groups in total. The molecular weight excluding hydrogens is 1070 g/mol. The van der Waals surface area contributed by atoms with Crippen LogP contribution in [0.2, 0.25) is 0 Å². The molecule has 8 nitrogen and oxygen atoms in total. The van der Waals surface area contributed by atoms with Crippen molar-refractivity contribution in [3.63, 3.8) is 0 Å². The third-order valence-corrected chi connectivity index (χ3v) is 14.1. The summed E-state index contributed by atoms with van der Waals surface area (Å²) in [7, 11) is 2.04. The van der Waals surface area contributed by atoms with Crippen molar-refractivity contribution in [1.29, 1.82) is 5.26 Å². The SMILES string of the molecule is Cc1cc(-n2c3[c-]c(Oc4[c-]c(N5[CH-]N(C)c6ccccc65)ccc4)ccc3c3cc(C#N)ccc32)ncc1-c1c(-n2c3ccccc3c3ccccc32)cccc1-n1c2ccccc2c2ccccc21.[Pt]. The summed E-state index contributed by atoms with van der Waals surface area (Å²) < 4.78 is 13.6. The summed E-state index contributed by atoms with van der Waals surface area (Å²) in [6.45, 7) is 4.23. The Balaban J connectivity index is 0.00000504. The fourth-order valence-corrected chi connectivity index (χ4v) is 11.0. The standard InChI is InChI=1S/C63H40N7O.Pt/c1-40-33-62(70-56-32-29-41(37-64)34-50(56)49-31-30-44(36-61(49)70)71-43-16-13-15-42(35-43)67-39-66(2)57-25-11-12-26-58(57)67)65-38-51(40)63-59(68-52-21-7-3-17-45(52)46-18-4-8-22-53(46)68)27-14-28-60(63)69-54-23-9-5-19-47(54)48-20-6-10-24-55(48)69;/h3-34,38-39H,1-2H3;/q-3;. The molecule has 0 atom stereocenters. The summed E-state index contributed by atoms with van der Waals surface area (Å²) in [6.07, 6.45) is 2.03. The number of hydrogen-bond donors (Lipinski definition) is 0. The Morgan fingerprint density at radius 1 is 0.514 bits per heavy atom. The molecule has 0 radical (unpaired) electrons. The third-order valence-electron chi connectivity index (χ3n) is 14.1. The number of fused-ring (bicyclic) bond motifs is 10. The number of nitriles is 1. The van der Waals surface area contributed by atoms with Gasteiger partial charge in [0.1, 0.15) is 5.82 Å². The number of para-hydroxylation sites is 6. The molecule has 4 aromatic heterocycles. The van der Waals surface area contributed by atoms with Crippen molar-refractivity contribution in [1.82, 2.24) is 18.7 Å². The number of nitrogens with zero attached hydrogens (tertiary/aromatic N) is 7. The number of aromatic nitrogens is 4. The van der Waals surface area contributed by atoms with Crippen LogP contribution >= 0.6 is 0 Å². The predicted molar refractivity (Wildman–Crippen MR) is 288 cm³/mol. The molecule has 346 valence electrons. The summed E-state index contributed by atoms with van der Waals surface area (Å²) in [5.74, 6) is 1.81. The van der Waals surface area contributed by atoms with Crippen LogP contribution in [0.1, 0.15) is 11.1 Å². The molecule has 9 heteroatoms. The van der Waals surface area contributed by atoms with Gasteiger partial charge in [-0.25, -0.2) is 4.98 Å². The number of anilines is 3. The van der Waals surface area contributed by atoms with Crippen LogP contribution in [0.5, 0.6) is 11.5 Å². The van der Waals surface area contributed by atoms with E-state index in [1.54, 1.807) is 0 Å². The maximum Gasteiger partial charge on any atom is 0.135 e. The molecule has 0 saturated carbocycles. The quantitative estimate of drug-likeness (QED) is 0.149. The summed E-state index contributed by atoms with van der Waals surface area (Å²) in [5.41, 5.74) is 15.0. The van der Waals surface area contributed by atoms with Gasteiger partial charge >= 0.3 is 0 Å². The molecule has 9 aromatic carbocycles. The van der Waals surface area contributed by atoms with Crippen LogP contribution in [-0.2, 0) is 21.1 Å². The Morgan fingerprint density at radius 3 is 1.67 bits per heavy atom. The van der Waals surface area contributed by atoms with Gasteiger partial charge in [-0.05, 0) is 97.7 Å². The second-order valence-corrected chi connectivity index (χ2v) is 18.1. The van der Waals surface area contributed by atoms with Crippen molar-refractivity contribution in [2.24, 2.45) is 0 Å². The van der Waals surface area contributed by atoms with E-state index in [1.807, 2.05) is 73.9 Å². The minimum Gasteiger partial charge on any atom is -0.509 e. The van der Waals surface area contributed by atoms with Crippen LogP contribution in [0.4, 0.5) is 17.1 Å². The minimum atomic E-state index is 0. The fourth-order valence-electron chi connectivity index (χ4n) is 11.0. The number of aryl methyl sites for hydroxylation is 1. The first kappa shape index (κ1) is 43.2. The van der Waals surface area contributed by atoms with E-state index in [-0.39, 0.29) is 21.1 Å². The maximum absolute atomic E-state index is 10.0. The molecule has 0 spiro atoms. The van der Waals surface area contributed by atoms with Gasteiger partial charge in [-0.3, -0.25) is 0 Å². The van der Waals surface area contributed by atoms with E-state index in [1.165, 1.54) is 21.5 Å². The molecule has 0 unspecified atom stereocenters. The zero-order valence-corrected chi connectivity index (χ0v) is 41.3. The molecule has 1 aliphatic heterocycles. The first-order valence-electron chi connectivity index (χ1n) is 23.7. The van der Waals surface area contributed by atoms with Crippen LogP contribution in [0.15, 0.2) is 200 Å². The van der Waals surface area contributed by atoms with Crippen LogP contribution < -0.4 is 14.5 Å². The van der Waals surface area contributed by atoms with Gasteiger partial charge in [0, 0.05) is 88.3 Å². The minimum absolute atomic E-state index is 0. The summed E-state index contributed by atoms with van der Waals surface area (Å²) >= 11 is 0. The first-order valence-corrected chi connectivity index (χ1v) is 23.7. The van der Waals surface area contributed by atoms with Crippen molar-refractivity contribution < 1.29 is 25.8 Å². The molecule has 13 aromatic rings. The Labute approximate surface area is 429 Å². The number of pyridine rings is 1. The second-order valence-electron chi connectivity index (χ2n) is 18.1. The normalized spacial score (nSPS) is 12.3. The van der Waals surface area contributed by atoms with Gasteiger partial charge in [-0.2, -0.15) is 24.1 Å². The molecule has 72 heavy (non-hydrogen) atoms. The van der Waals surface area contributed by atoms with E-state index in [4.69, 9.17) is 9.72 Å². The Bertz CT molecular complexity index is 4150. The molecule has 0 amide bonds. The van der Waals surface area contributed by atoms with E-state index in [0.29, 0.717) is 17.1 Å². The molecule has 14 rings (SSSR count). The zero-order valence-electron chi connectivity index (χ0n) is 39.0. The van der Waals surface area contributed by atoms with Gasteiger partial charge in [0.05, 0.1) is 45.1 Å². The predicted octanol–water partition coefficient (Wildman–Crippen LogP) is 15.3. The molecular formula is C63H40N7OPt-3. The fraction of sp³-hybridized carbons (Fsp3) is 0.0317. The van der Waals surface area contributed by atoms with E-state index in [0.717, 1.165) is 94.8 Å². The van der Waals surface area contributed by atoms with Crippen LogP contribution in [0.25, 0.3) is 93.7 Å². The van der Waals surface area contributed by atoms with Crippen molar-refractivity contribution >= 4 is 82.5 Å². The van der Waals surface area contributed by atoms with E-state index in [9.17, 15) is 5.26 Å².